The van der Waals surface area contributed by atoms with Crippen molar-refractivity contribution in [3.63, 3.8) is 0 Å². The molecule has 1 aromatic heterocycles. The molecule has 0 bridgehead atoms. The Hall–Kier alpha value is -2.70. The Morgan fingerprint density at radius 1 is 1.26 bits per heavy atom. The summed E-state index contributed by atoms with van der Waals surface area (Å²) in [6.07, 6.45) is 1.48. The molecule has 1 aromatic carbocycles. The summed E-state index contributed by atoms with van der Waals surface area (Å²) in [4.78, 5) is 29.4. The first-order valence-electron chi connectivity index (χ1n) is 7.42. The Kier molecular flexibility index (Phi) is 5.85. The number of carbonyl (C=O) groups excluding carboxylic acids is 2. The molecule has 0 atom stereocenters. The standard InChI is InChI=1S/C16H20N4O3/c1-12-17-15(23-19-12)9-6-10-16(22)20(2)11-14(21)18-13-7-4-3-5-8-13/h3-5,7-8H,6,9-11H2,1-2H3,(H,18,21). The van der Waals surface area contributed by atoms with E-state index in [1.165, 1.54) is 4.90 Å². The summed E-state index contributed by atoms with van der Waals surface area (Å²) >= 11 is 0. The summed E-state index contributed by atoms with van der Waals surface area (Å²) in [5.41, 5.74) is 0.713. The molecule has 0 fully saturated rings. The summed E-state index contributed by atoms with van der Waals surface area (Å²) in [5, 5.41) is 6.44. The molecule has 0 aliphatic carbocycles. The lowest BCUT2D eigenvalue weighted by atomic mass is 10.2. The van der Waals surface area contributed by atoms with Crippen LogP contribution in [-0.4, -0.2) is 40.4 Å². The Balaban J connectivity index is 1.70. The maximum Gasteiger partial charge on any atom is 0.243 e. The summed E-state index contributed by atoms with van der Waals surface area (Å²) in [7, 11) is 1.61. The Labute approximate surface area is 134 Å². The number of anilines is 1. The number of carbonyl (C=O) groups is 2. The van der Waals surface area contributed by atoms with Crippen molar-refractivity contribution in [2.45, 2.75) is 26.2 Å². The first-order chi connectivity index (χ1) is 11.0. The van der Waals surface area contributed by atoms with E-state index in [0.29, 0.717) is 36.7 Å². The highest BCUT2D eigenvalue weighted by Gasteiger charge is 2.13. The third-order valence-electron chi connectivity index (χ3n) is 3.21. The molecule has 0 saturated heterocycles. The highest BCUT2D eigenvalue weighted by Crippen LogP contribution is 2.06. The fraction of sp³-hybridized carbons (Fsp3) is 0.375. The second kappa shape index (κ2) is 8.07. The predicted molar refractivity (Wildman–Crippen MR) is 84.7 cm³/mol. The lowest BCUT2D eigenvalue weighted by molar-refractivity contribution is -0.133. The van der Waals surface area contributed by atoms with E-state index in [9.17, 15) is 9.59 Å². The average molecular weight is 316 g/mol. The Morgan fingerprint density at radius 3 is 2.65 bits per heavy atom. The lowest BCUT2D eigenvalue weighted by Gasteiger charge is -2.16. The Bertz CT molecular complexity index is 654. The zero-order valence-electron chi connectivity index (χ0n) is 13.3. The molecule has 0 radical (unpaired) electrons. The molecular formula is C16H20N4O3. The maximum absolute atomic E-state index is 12.0. The normalized spacial score (nSPS) is 10.3. The van der Waals surface area contributed by atoms with Crippen molar-refractivity contribution in [3.05, 3.63) is 42.0 Å². The van der Waals surface area contributed by atoms with Gasteiger partial charge in [-0.2, -0.15) is 4.98 Å². The van der Waals surface area contributed by atoms with Crippen LogP contribution < -0.4 is 5.32 Å². The number of nitrogens with zero attached hydrogens (tertiary/aromatic N) is 3. The highest BCUT2D eigenvalue weighted by atomic mass is 16.5. The van der Waals surface area contributed by atoms with Crippen LogP contribution in [0, 0.1) is 6.92 Å². The fourth-order valence-corrected chi connectivity index (χ4v) is 2.05. The van der Waals surface area contributed by atoms with Crippen molar-refractivity contribution < 1.29 is 14.1 Å². The van der Waals surface area contributed by atoms with Gasteiger partial charge in [-0.1, -0.05) is 23.4 Å². The van der Waals surface area contributed by atoms with Crippen LogP contribution in [-0.2, 0) is 16.0 Å². The van der Waals surface area contributed by atoms with E-state index in [4.69, 9.17) is 4.52 Å². The second-order valence-corrected chi connectivity index (χ2v) is 5.25. The lowest BCUT2D eigenvalue weighted by Crippen LogP contribution is -2.34. The van der Waals surface area contributed by atoms with Crippen LogP contribution in [0.5, 0.6) is 0 Å². The quantitative estimate of drug-likeness (QED) is 0.841. The largest absolute Gasteiger partial charge is 0.339 e. The molecular weight excluding hydrogens is 296 g/mol. The second-order valence-electron chi connectivity index (χ2n) is 5.25. The van der Waals surface area contributed by atoms with Crippen molar-refractivity contribution in [2.24, 2.45) is 0 Å². The zero-order chi connectivity index (χ0) is 16.7. The molecule has 0 spiro atoms. The van der Waals surface area contributed by atoms with Crippen LogP contribution >= 0.6 is 0 Å². The van der Waals surface area contributed by atoms with Crippen molar-refractivity contribution in [1.82, 2.24) is 15.0 Å². The van der Waals surface area contributed by atoms with Crippen molar-refractivity contribution in [2.75, 3.05) is 18.9 Å². The van der Waals surface area contributed by atoms with E-state index < -0.39 is 0 Å². The molecule has 122 valence electrons. The minimum Gasteiger partial charge on any atom is -0.339 e. The van der Waals surface area contributed by atoms with Crippen LogP contribution in [0.25, 0.3) is 0 Å². The van der Waals surface area contributed by atoms with E-state index in [1.54, 1.807) is 26.1 Å². The zero-order valence-corrected chi connectivity index (χ0v) is 13.3. The SMILES string of the molecule is Cc1noc(CCCC(=O)N(C)CC(=O)Nc2ccccc2)n1. The van der Waals surface area contributed by atoms with E-state index in [2.05, 4.69) is 15.5 Å². The van der Waals surface area contributed by atoms with Crippen molar-refractivity contribution in [1.29, 1.82) is 0 Å². The summed E-state index contributed by atoms with van der Waals surface area (Å²) in [5.74, 6) is 0.796. The van der Waals surface area contributed by atoms with Gasteiger partial charge in [0.2, 0.25) is 17.7 Å². The number of amides is 2. The summed E-state index contributed by atoms with van der Waals surface area (Å²) in [6.45, 7) is 1.77. The average Bonchev–Trinajstić information content (AvgIpc) is 2.93. The third-order valence-corrected chi connectivity index (χ3v) is 3.21. The minimum absolute atomic E-state index is 0.0212. The molecule has 0 saturated carbocycles. The van der Waals surface area contributed by atoms with Crippen LogP contribution in [0.3, 0.4) is 0 Å². The molecule has 2 aromatic rings. The number of aromatic nitrogens is 2. The predicted octanol–water partition coefficient (Wildman–Crippen LogP) is 1.80. The van der Waals surface area contributed by atoms with Crippen LogP contribution in [0.4, 0.5) is 5.69 Å². The number of hydrogen-bond acceptors (Lipinski definition) is 5. The number of likely N-dealkylation sites (N-methyl/N-ethyl adjacent to an activating group) is 1. The smallest absolute Gasteiger partial charge is 0.243 e. The molecule has 7 nitrogen and oxygen atoms in total. The number of benzene rings is 1. The van der Waals surface area contributed by atoms with Crippen LogP contribution in [0.2, 0.25) is 0 Å². The first kappa shape index (κ1) is 16.7. The van der Waals surface area contributed by atoms with Gasteiger partial charge < -0.3 is 14.7 Å². The third kappa shape index (κ3) is 5.54. The highest BCUT2D eigenvalue weighted by molar-refractivity contribution is 5.94. The van der Waals surface area contributed by atoms with Gasteiger partial charge in [0.05, 0.1) is 6.54 Å². The number of rotatable bonds is 7. The number of nitrogens with one attached hydrogen (secondary N) is 1. The van der Waals surface area contributed by atoms with Gasteiger partial charge in [-0.15, -0.1) is 0 Å². The molecule has 0 aliphatic rings. The van der Waals surface area contributed by atoms with E-state index in [-0.39, 0.29) is 18.4 Å². The van der Waals surface area contributed by atoms with Gasteiger partial charge in [0.25, 0.3) is 0 Å². The van der Waals surface area contributed by atoms with E-state index in [1.807, 2.05) is 18.2 Å². The van der Waals surface area contributed by atoms with Gasteiger partial charge in [-0.25, -0.2) is 0 Å². The summed E-state index contributed by atoms with van der Waals surface area (Å²) < 4.78 is 4.99. The molecule has 23 heavy (non-hydrogen) atoms. The fourth-order valence-electron chi connectivity index (χ4n) is 2.05. The monoisotopic (exact) mass is 316 g/mol. The molecule has 2 rings (SSSR count). The van der Waals surface area contributed by atoms with E-state index in [0.717, 1.165) is 0 Å². The van der Waals surface area contributed by atoms with Crippen LogP contribution in [0.1, 0.15) is 24.6 Å². The topological polar surface area (TPSA) is 88.3 Å². The van der Waals surface area contributed by atoms with Gasteiger partial charge in [-0.05, 0) is 25.5 Å². The van der Waals surface area contributed by atoms with E-state index >= 15 is 0 Å². The number of para-hydroxylation sites is 1. The van der Waals surface area contributed by atoms with Crippen molar-refractivity contribution in [3.8, 4) is 0 Å². The van der Waals surface area contributed by atoms with Gasteiger partial charge in [-0.3, -0.25) is 9.59 Å². The van der Waals surface area contributed by atoms with Crippen molar-refractivity contribution >= 4 is 17.5 Å². The van der Waals surface area contributed by atoms with Gasteiger partial charge in [0.15, 0.2) is 5.82 Å². The molecule has 1 heterocycles. The summed E-state index contributed by atoms with van der Waals surface area (Å²) in [6, 6.07) is 9.14. The minimum atomic E-state index is -0.223. The number of aryl methyl sites for hydroxylation is 2. The molecule has 2 amide bonds. The van der Waals surface area contributed by atoms with Gasteiger partial charge in [0.1, 0.15) is 0 Å². The Morgan fingerprint density at radius 2 is 2.00 bits per heavy atom. The number of hydrogen-bond donors (Lipinski definition) is 1. The first-order valence-corrected chi connectivity index (χ1v) is 7.42. The van der Waals surface area contributed by atoms with Crippen LogP contribution in [0.15, 0.2) is 34.9 Å². The molecule has 7 heteroatoms. The molecule has 1 N–H and O–H groups in total. The van der Waals surface area contributed by atoms with Gasteiger partial charge >= 0.3 is 0 Å². The molecule has 0 unspecified atom stereocenters. The maximum atomic E-state index is 12.0. The molecule has 0 aliphatic heterocycles. The van der Waals surface area contributed by atoms with Gasteiger partial charge in [0, 0.05) is 25.6 Å².